The van der Waals surface area contributed by atoms with Crippen LogP contribution in [-0.2, 0) is 4.79 Å². The number of anilines is 1. The van der Waals surface area contributed by atoms with E-state index in [0.29, 0.717) is 13.0 Å². The first-order valence-electron chi connectivity index (χ1n) is 6.18. The average Bonchev–Trinajstić information content (AvgIpc) is 2.38. The highest BCUT2D eigenvalue weighted by atomic mass is 16.2. The van der Waals surface area contributed by atoms with Crippen LogP contribution in [-0.4, -0.2) is 18.4 Å². The molecule has 0 aliphatic carbocycles. The first kappa shape index (κ1) is 13.1. The highest BCUT2D eigenvalue weighted by Gasteiger charge is 2.02. The predicted molar refractivity (Wildman–Crippen MR) is 76.3 cm³/mol. The molecule has 2 amide bonds. The van der Waals surface area contributed by atoms with Crippen molar-refractivity contribution in [3.63, 3.8) is 0 Å². The summed E-state index contributed by atoms with van der Waals surface area (Å²) in [6.07, 6.45) is 0.352. The van der Waals surface area contributed by atoms with Crippen LogP contribution in [0.4, 0.5) is 10.5 Å². The normalized spacial score (nSPS) is 10.2. The zero-order valence-corrected chi connectivity index (χ0v) is 10.8. The van der Waals surface area contributed by atoms with Crippen molar-refractivity contribution in [3.8, 4) is 0 Å². The first-order valence-corrected chi connectivity index (χ1v) is 6.18. The lowest BCUT2D eigenvalue weighted by Crippen LogP contribution is -2.30. The van der Waals surface area contributed by atoms with Gasteiger partial charge in [0.15, 0.2) is 0 Å². The molecule has 19 heavy (non-hydrogen) atoms. The van der Waals surface area contributed by atoms with Crippen LogP contribution >= 0.6 is 0 Å². The SMILES string of the molecule is CC(=O)CCNC(=O)Nc1ccc2ccccc2c1. The molecule has 0 fully saturated rings. The highest BCUT2D eigenvalue weighted by molar-refractivity contribution is 5.93. The van der Waals surface area contributed by atoms with E-state index in [1.807, 2.05) is 42.5 Å². The predicted octanol–water partition coefficient (Wildman–Crippen LogP) is 2.94. The molecule has 0 radical (unpaired) electrons. The van der Waals surface area contributed by atoms with E-state index in [0.717, 1.165) is 16.5 Å². The monoisotopic (exact) mass is 256 g/mol. The van der Waals surface area contributed by atoms with Gasteiger partial charge >= 0.3 is 6.03 Å². The number of fused-ring (bicyclic) bond motifs is 1. The standard InChI is InChI=1S/C15H16N2O2/c1-11(18)8-9-16-15(19)17-14-7-6-12-4-2-3-5-13(12)10-14/h2-7,10H,8-9H2,1H3,(H2,16,17,19). The number of hydrogen-bond donors (Lipinski definition) is 2. The van der Waals surface area contributed by atoms with E-state index in [4.69, 9.17) is 0 Å². The van der Waals surface area contributed by atoms with E-state index >= 15 is 0 Å². The van der Waals surface area contributed by atoms with Crippen LogP contribution < -0.4 is 10.6 Å². The minimum absolute atomic E-state index is 0.0611. The summed E-state index contributed by atoms with van der Waals surface area (Å²) >= 11 is 0. The summed E-state index contributed by atoms with van der Waals surface area (Å²) in [5.41, 5.74) is 0.735. The summed E-state index contributed by atoms with van der Waals surface area (Å²) in [5, 5.41) is 7.59. The van der Waals surface area contributed by atoms with Gasteiger partial charge in [0.05, 0.1) is 0 Å². The minimum Gasteiger partial charge on any atom is -0.337 e. The molecule has 0 aliphatic heterocycles. The van der Waals surface area contributed by atoms with Crippen molar-refractivity contribution in [1.29, 1.82) is 0 Å². The number of amides is 2. The Bertz CT molecular complexity index is 608. The summed E-state index contributed by atoms with van der Waals surface area (Å²) in [6, 6.07) is 13.4. The highest BCUT2D eigenvalue weighted by Crippen LogP contribution is 2.18. The Morgan fingerprint density at radius 1 is 1.05 bits per heavy atom. The lowest BCUT2D eigenvalue weighted by atomic mass is 10.1. The molecule has 98 valence electrons. The summed E-state index contributed by atoms with van der Waals surface area (Å²) in [7, 11) is 0. The summed E-state index contributed by atoms with van der Waals surface area (Å²) < 4.78 is 0. The molecule has 2 aromatic rings. The van der Waals surface area contributed by atoms with E-state index < -0.39 is 0 Å². The number of hydrogen-bond acceptors (Lipinski definition) is 2. The molecule has 0 saturated carbocycles. The number of urea groups is 1. The van der Waals surface area contributed by atoms with E-state index in [2.05, 4.69) is 10.6 Å². The summed E-state index contributed by atoms with van der Waals surface area (Å²) in [6.45, 7) is 1.86. The smallest absolute Gasteiger partial charge is 0.319 e. The van der Waals surface area contributed by atoms with Crippen molar-refractivity contribution in [2.45, 2.75) is 13.3 Å². The van der Waals surface area contributed by atoms with Crippen LogP contribution in [0.2, 0.25) is 0 Å². The van der Waals surface area contributed by atoms with Gasteiger partial charge in [0, 0.05) is 18.7 Å². The Morgan fingerprint density at radius 3 is 2.53 bits per heavy atom. The van der Waals surface area contributed by atoms with Crippen molar-refractivity contribution >= 4 is 28.3 Å². The molecule has 0 atom stereocenters. The topological polar surface area (TPSA) is 58.2 Å². The molecule has 0 heterocycles. The number of rotatable bonds is 4. The lowest BCUT2D eigenvalue weighted by molar-refractivity contribution is -0.116. The fraction of sp³-hybridized carbons (Fsp3) is 0.200. The molecule has 0 unspecified atom stereocenters. The van der Waals surface area contributed by atoms with Gasteiger partial charge in [0.1, 0.15) is 5.78 Å². The molecule has 2 N–H and O–H groups in total. The Kier molecular flexibility index (Phi) is 4.13. The molecule has 0 spiro atoms. The second-order valence-electron chi connectivity index (χ2n) is 4.39. The average molecular weight is 256 g/mol. The van der Waals surface area contributed by atoms with Crippen LogP contribution in [0, 0.1) is 0 Å². The molecular weight excluding hydrogens is 240 g/mol. The third-order valence-corrected chi connectivity index (χ3v) is 2.77. The van der Waals surface area contributed by atoms with Gasteiger partial charge in [-0.3, -0.25) is 4.79 Å². The minimum atomic E-state index is -0.295. The zero-order chi connectivity index (χ0) is 13.7. The quantitative estimate of drug-likeness (QED) is 0.883. The van der Waals surface area contributed by atoms with Gasteiger partial charge in [0.2, 0.25) is 0 Å². The fourth-order valence-electron chi connectivity index (χ4n) is 1.79. The number of ketones is 1. The molecule has 0 aromatic heterocycles. The van der Waals surface area contributed by atoms with Crippen molar-refractivity contribution in [3.05, 3.63) is 42.5 Å². The third-order valence-electron chi connectivity index (χ3n) is 2.77. The Morgan fingerprint density at radius 2 is 1.79 bits per heavy atom. The number of Topliss-reactive ketones (excluding diaryl/α,β-unsaturated/α-hetero) is 1. The molecule has 0 saturated heterocycles. The van der Waals surface area contributed by atoms with E-state index in [1.165, 1.54) is 6.92 Å². The van der Waals surface area contributed by atoms with Crippen LogP contribution in [0.3, 0.4) is 0 Å². The zero-order valence-electron chi connectivity index (χ0n) is 10.8. The maximum Gasteiger partial charge on any atom is 0.319 e. The first-order chi connectivity index (χ1) is 9.15. The van der Waals surface area contributed by atoms with E-state index in [1.54, 1.807) is 0 Å². The van der Waals surface area contributed by atoms with Gasteiger partial charge in [-0.1, -0.05) is 30.3 Å². The number of nitrogens with one attached hydrogen (secondary N) is 2. The Balaban J connectivity index is 1.97. The summed E-state index contributed by atoms with van der Waals surface area (Å²) in [5.74, 6) is 0.0611. The van der Waals surface area contributed by atoms with Gasteiger partial charge in [-0.15, -0.1) is 0 Å². The molecule has 2 rings (SSSR count). The van der Waals surface area contributed by atoms with Crippen molar-refractivity contribution in [1.82, 2.24) is 5.32 Å². The molecule has 0 aliphatic rings. The Labute approximate surface area is 111 Å². The van der Waals surface area contributed by atoms with Gasteiger partial charge < -0.3 is 10.6 Å². The number of carbonyl (C=O) groups excluding carboxylic acids is 2. The Hall–Kier alpha value is -2.36. The fourth-order valence-corrected chi connectivity index (χ4v) is 1.79. The largest absolute Gasteiger partial charge is 0.337 e. The van der Waals surface area contributed by atoms with Crippen LogP contribution in [0.5, 0.6) is 0 Å². The van der Waals surface area contributed by atoms with Crippen molar-refractivity contribution in [2.24, 2.45) is 0 Å². The number of carbonyl (C=O) groups is 2. The van der Waals surface area contributed by atoms with Gasteiger partial charge in [-0.05, 0) is 29.8 Å². The third kappa shape index (κ3) is 3.81. The molecule has 4 heteroatoms. The molecule has 2 aromatic carbocycles. The number of benzene rings is 2. The van der Waals surface area contributed by atoms with Crippen molar-refractivity contribution in [2.75, 3.05) is 11.9 Å². The lowest BCUT2D eigenvalue weighted by Gasteiger charge is -2.07. The van der Waals surface area contributed by atoms with E-state index in [9.17, 15) is 9.59 Å². The maximum absolute atomic E-state index is 11.6. The second kappa shape index (κ2) is 6.00. The van der Waals surface area contributed by atoms with Crippen molar-refractivity contribution < 1.29 is 9.59 Å². The van der Waals surface area contributed by atoms with E-state index in [-0.39, 0.29) is 11.8 Å². The van der Waals surface area contributed by atoms with Crippen LogP contribution in [0.25, 0.3) is 10.8 Å². The van der Waals surface area contributed by atoms with Gasteiger partial charge in [-0.25, -0.2) is 4.79 Å². The molecule has 0 bridgehead atoms. The maximum atomic E-state index is 11.6. The molecule has 4 nitrogen and oxygen atoms in total. The van der Waals surface area contributed by atoms with Gasteiger partial charge in [0.25, 0.3) is 0 Å². The molecular formula is C15H16N2O2. The van der Waals surface area contributed by atoms with Crippen LogP contribution in [0.15, 0.2) is 42.5 Å². The summed E-state index contributed by atoms with van der Waals surface area (Å²) in [4.78, 5) is 22.4. The van der Waals surface area contributed by atoms with Gasteiger partial charge in [-0.2, -0.15) is 0 Å². The second-order valence-corrected chi connectivity index (χ2v) is 4.39. The van der Waals surface area contributed by atoms with Crippen LogP contribution in [0.1, 0.15) is 13.3 Å².